The monoisotopic (exact) mass is 490 g/mol. The van der Waals surface area contributed by atoms with Crippen LogP contribution in [-0.2, 0) is 16.0 Å². The highest BCUT2D eigenvalue weighted by Crippen LogP contribution is 2.40. The molecule has 36 heavy (non-hydrogen) atoms. The summed E-state index contributed by atoms with van der Waals surface area (Å²) in [7, 11) is 1.53. The molecule has 2 aliphatic heterocycles. The minimum absolute atomic E-state index is 0.0317. The van der Waals surface area contributed by atoms with Crippen LogP contribution in [0.1, 0.15) is 34.6 Å². The third-order valence-corrected chi connectivity index (χ3v) is 6.96. The van der Waals surface area contributed by atoms with Gasteiger partial charge in [0.25, 0.3) is 5.91 Å². The first kappa shape index (κ1) is 24.1. The number of ketones is 1. The SMILES string of the molecule is CCc1ccc(C2C(C(=O)c3cc4cccc(OC)c4o3)=C(O)C(=O)N2CCN2CCOCC2)cc1. The summed E-state index contributed by atoms with van der Waals surface area (Å²) in [5.74, 6) is -1.04. The molecule has 2 aliphatic rings. The molecule has 0 saturated carbocycles. The van der Waals surface area contributed by atoms with E-state index in [1.807, 2.05) is 36.4 Å². The van der Waals surface area contributed by atoms with Gasteiger partial charge in [-0.2, -0.15) is 0 Å². The van der Waals surface area contributed by atoms with Gasteiger partial charge in [0.2, 0.25) is 5.78 Å². The van der Waals surface area contributed by atoms with Crippen LogP contribution in [0.25, 0.3) is 11.0 Å². The highest BCUT2D eigenvalue weighted by atomic mass is 16.5. The maximum atomic E-state index is 13.8. The van der Waals surface area contributed by atoms with Crippen molar-refractivity contribution in [3.8, 4) is 5.75 Å². The van der Waals surface area contributed by atoms with E-state index in [1.165, 1.54) is 7.11 Å². The van der Waals surface area contributed by atoms with E-state index in [0.29, 0.717) is 43.0 Å². The van der Waals surface area contributed by atoms with Gasteiger partial charge in [0, 0.05) is 31.6 Å². The van der Waals surface area contributed by atoms with Crippen molar-refractivity contribution in [2.24, 2.45) is 0 Å². The largest absolute Gasteiger partial charge is 0.503 e. The Kier molecular flexibility index (Phi) is 6.80. The molecule has 5 rings (SSSR count). The highest BCUT2D eigenvalue weighted by Gasteiger charge is 2.44. The molecule has 3 aromatic rings. The number of carbonyl (C=O) groups is 2. The highest BCUT2D eigenvalue weighted by molar-refractivity contribution is 6.16. The molecule has 1 saturated heterocycles. The number of fused-ring (bicyclic) bond motifs is 1. The van der Waals surface area contributed by atoms with Crippen molar-refractivity contribution >= 4 is 22.7 Å². The molecule has 0 spiro atoms. The number of aliphatic hydroxyl groups is 1. The fraction of sp³-hybridized carbons (Fsp3) is 0.357. The first-order chi connectivity index (χ1) is 17.5. The van der Waals surface area contributed by atoms with Gasteiger partial charge in [0.05, 0.1) is 31.9 Å². The van der Waals surface area contributed by atoms with Crippen LogP contribution >= 0.6 is 0 Å². The van der Waals surface area contributed by atoms with Gasteiger partial charge in [-0.05, 0) is 29.7 Å². The van der Waals surface area contributed by atoms with E-state index in [0.717, 1.165) is 30.6 Å². The van der Waals surface area contributed by atoms with Crippen LogP contribution in [0.2, 0.25) is 0 Å². The normalized spacial score (nSPS) is 18.9. The fourth-order valence-corrected chi connectivity index (χ4v) is 4.91. The molecule has 3 heterocycles. The van der Waals surface area contributed by atoms with Gasteiger partial charge in [0.15, 0.2) is 22.9 Å². The fourth-order valence-electron chi connectivity index (χ4n) is 4.91. The molecule has 8 heteroatoms. The lowest BCUT2D eigenvalue weighted by Gasteiger charge is -2.31. The van der Waals surface area contributed by atoms with Gasteiger partial charge in [-0.1, -0.05) is 43.3 Å². The van der Waals surface area contributed by atoms with Crippen molar-refractivity contribution in [2.75, 3.05) is 46.5 Å². The number of furan rings is 1. The van der Waals surface area contributed by atoms with E-state index in [9.17, 15) is 14.7 Å². The van der Waals surface area contributed by atoms with Crippen molar-refractivity contribution in [2.45, 2.75) is 19.4 Å². The number of hydrogen-bond donors (Lipinski definition) is 1. The lowest BCUT2D eigenvalue weighted by atomic mass is 9.94. The maximum absolute atomic E-state index is 13.8. The second-order valence-corrected chi connectivity index (χ2v) is 9.03. The number of ether oxygens (including phenoxy) is 2. The third kappa shape index (κ3) is 4.38. The second kappa shape index (κ2) is 10.2. The molecule has 8 nitrogen and oxygen atoms in total. The van der Waals surface area contributed by atoms with Crippen LogP contribution in [-0.4, -0.2) is 73.1 Å². The number of amides is 1. The standard InChI is InChI=1S/C28H30N2O6/c1-3-18-7-9-19(10-8-18)24-23(25(31)22-17-20-5-4-6-21(34-2)27(20)36-22)26(32)28(33)30(24)12-11-29-13-15-35-16-14-29/h4-10,17,24,32H,3,11-16H2,1-2H3. The molecular formula is C28H30N2O6. The van der Waals surface area contributed by atoms with E-state index in [1.54, 1.807) is 17.0 Å². The van der Waals surface area contributed by atoms with Gasteiger partial charge < -0.3 is 23.9 Å². The zero-order chi connectivity index (χ0) is 25.2. The first-order valence-electron chi connectivity index (χ1n) is 12.3. The summed E-state index contributed by atoms with van der Waals surface area (Å²) in [5.41, 5.74) is 2.39. The van der Waals surface area contributed by atoms with E-state index in [2.05, 4.69) is 11.8 Å². The number of hydrogen-bond acceptors (Lipinski definition) is 7. The van der Waals surface area contributed by atoms with Crippen molar-refractivity contribution < 1.29 is 28.6 Å². The average Bonchev–Trinajstić information content (AvgIpc) is 3.47. The minimum Gasteiger partial charge on any atom is -0.503 e. The summed E-state index contributed by atoms with van der Waals surface area (Å²) in [6, 6.07) is 14.1. The van der Waals surface area contributed by atoms with Crippen molar-refractivity contribution in [3.05, 3.63) is 76.8 Å². The van der Waals surface area contributed by atoms with Gasteiger partial charge in [0.1, 0.15) is 0 Å². The number of aryl methyl sites for hydroxylation is 1. The second-order valence-electron chi connectivity index (χ2n) is 9.03. The number of rotatable bonds is 8. The lowest BCUT2D eigenvalue weighted by Crippen LogP contribution is -2.43. The summed E-state index contributed by atoms with van der Waals surface area (Å²) < 4.78 is 16.7. The van der Waals surface area contributed by atoms with Crippen molar-refractivity contribution in [3.63, 3.8) is 0 Å². The molecule has 1 atom stereocenters. The predicted molar refractivity (Wildman–Crippen MR) is 134 cm³/mol. The Hall–Kier alpha value is -3.62. The van der Waals surface area contributed by atoms with Gasteiger partial charge in [-0.3, -0.25) is 14.5 Å². The maximum Gasteiger partial charge on any atom is 0.290 e. The Morgan fingerprint density at radius 3 is 2.56 bits per heavy atom. The summed E-state index contributed by atoms with van der Waals surface area (Å²) in [6.07, 6.45) is 0.873. The zero-order valence-electron chi connectivity index (χ0n) is 20.5. The van der Waals surface area contributed by atoms with E-state index < -0.39 is 23.5 Å². The molecule has 1 N–H and O–H groups in total. The van der Waals surface area contributed by atoms with Crippen LogP contribution in [0.5, 0.6) is 5.75 Å². The van der Waals surface area contributed by atoms with Crippen LogP contribution < -0.4 is 4.74 Å². The molecule has 2 aromatic carbocycles. The van der Waals surface area contributed by atoms with Crippen LogP contribution in [0.3, 0.4) is 0 Å². The Morgan fingerprint density at radius 1 is 1.11 bits per heavy atom. The Balaban J connectivity index is 1.51. The molecule has 0 bridgehead atoms. The van der Waals surface area contributed by atoms with E-state index >= 15 is 0 Å². The molecule has 0 radical (unpaired) electrons. The van der Waals surface area contributed by atoms with Gasteiger partial charge >= 0.3 is 0 Å². The number of Topliss-reactive ketones (excluding diaryl/α,β-unsaturated/α-hetero) is 1. The Bertz CT molecular complexity index is 1300. The lowest BCUT2D eigenvalue weighted by molar-refractivity contribution is -0.129. The Labute approximate surface area is 209 Å². The smallest absolute Gasteiger partial charge is 0.290 e. The molecule has 1 unspecified atom stereocenters. The minimum atomic E-state index is -0.716. The average molecular weight is 491 g/mol. The number of para-hydroxylation sites is 1. The molecule has 1 fully saturated rings. The number of aliphatic hydroxyl groups excluding tert-OH is 1. The van der Waals surface area contributed by atoms with E-state index in [-0.39, 0.29) is 11.3 Å². The molecule has 0 aliphatic carbocycles. The topological polar surface area (TPSA) is 92.5 Å². The summed E-state index contributed by atoms with van der Waals surface area (Å²) >= 11 is 0. The number of benzene rings is 2. The number of carbonyl (C=O) groups excluding carboxylic acids is 2. The number of nitrogens with zero attached hydrogens (tertiary/aromatic N) is 2. The van der Waals surface area contributed by atoms with Gasteiger partial charge in [-0.15, -0.1) is 0 Å². The first-order valence-corrected chi connectivity index (χ1v) is 12.3. The quantitative estimate of drug-likeness (QED) is 0.479. The zero-order valence-corrected chi connectivity index (χ0v) is 20.5. The number of methoxy groups -OCH3 is 1. The molecule has 1 aromatic heterocycles. The Morgan fingerprint density at radius 2 is 1.86 bits per heavy atom. The van der Waals surface area contributed by atoms with E-state index in [4.69, 9.17) is 13.9 Å². The molecule has 1 amide bonds. The van der Waals surface area contributed by atoms with Crippen molar-refractivity contribution in [1.82, 2.24) is 9.80 Å². The number of morpholine rings is 1. The summed E-state index contributed by atoms with van der Waals surface area (Å²) in [4.78, 5) is 30.9. The predicted octanol–water partition coefficient (Wildman–Crippen LogP) is 3.91. The van der Waals surface area contributed by atoms with Crippen LogP contribution in [0.4, 0.5) is 0 Å². The van der Waals surface area contributed by atoms with Crippen LogP contribution in [0.15, 0.2) is 64.3 Å². The summed E-state index contributed by atoms with van der Waals surface area (Å²) in [5, 5.41) is 11.7. The molecule has 188 valence electrons. The van der Waals surface area contributed by atoms with Gasteiger partial charge in [-0.25, -0.2) is 0 Å². The van der Waals surface area contributed by atoms with Crippen molar-refractivity contribution in [1.29, 1.82) is 0 Å². The summed E-state index contributed by atoms with van der Waals surface area (Å²) in [6.45, 7) is 5.92. The van der Waals surface area contributed by atoms with Crippen LogP contribution in [0, 0.1) is 0 Å². The molecular weight excluding hydrogens is 460 g/mol. The third-order valence-electron chi connectivity index (χ3n) is 6.96.